The van der Waals surface area contributed by atoms with Gasteiger partial charge in [-0.15, -0.1) is 0 Å². The average Bonchev–Trinajstić information content (AvgIpc) is 3.51. The van der Waals surface area contributed by atoms with Crippen molar-refractivity contribution in [3.63, 3.8) is 0 Å². The molecule has 1 aromatic carbocycles. The van der Waals surface area contributed by atoms with E-state index in [0.717, 1.165) is 30.4 Å². The number of aromatic nitrogens is 1. The third-order valence-electron chi connectivity index (χ3n) is 7.79. The molecule has 10 heteroatoms. The Morgan fingerprint density at radius 2 is 1.92 bits per heavy atom. The standard InChI is InChI=1S/C28H37N3O6S/c1-37-24-16-29-17-25(38(2,35)36)27(24)28(34)31-22(14-18-7-4-3-5-8-18)23(32)9-6-10-26(33)30-21-15-19-11-12-20(21)13-19/h3-5,7-8,16-17,19-23,32H,6,9-15H2,1-2H3,(H,30,33)(H,31,34). The first-order valence-corrected chi connectivity index (χ1v) is 15.1. The molecule has 4 rings (SSSR count). The molecule has 3 N–H and O–H groups in total. The Balaban J connectivity index is 1.42. The zero-order valence-electron chi connectivity index (χ0n) is 21.9. The monoisotopic (exact) mass is 543 g/mol. The van der Waals surface area contributed by atoms with Crippen LogP contribution in [-0.4, -0.2) is 61.9 Å². The molecule has 38 heavy (non-hydrogen) atoms. The molecule has 5 atom stereocenters. The van der Waals surface area contributed by atoms with Gasteiger partial charge in [0.05, 0.1) is 25.5 Å². The van der Waals surface area contributed by atoms with E-state index < -0.39 is 27.9 Å². The first kappa shape index (κ1) is 28.0. The maximum Gasteiger partial charge on any atom is 0.256 e. The molecule has 2 aliphatic carbocycles. The predicted molar refractivity (Wildman–Crippen MR) is 143 cm³/mol. The van der Waals surface area contributed by atoms with Gasteiger partial charge in [-0.25, -0.2) is 8.42 Å². The summed E-state index contributed by atoms with van der Waals surface area (Å²) in [6.07, 6.45) is 8.57. The molecule has 1 heterocycles. The number of methoxy groups -OCH3 is 1. The number of nitrogens with zero attached hydrogens (tertiary/aromatic N) is 1. The number of fused-ring (bicyclic) bond motifs is 2. The van der Waals surface area contributed by atoms with E-state index in [-0.39, 0.29) is 28.2 Å². The van der Waals surface area contributed by atoms with Gasteiger partial charge in [-0.1, -0.05) is 36.8 Å². The zero-order valence-corrected chi connectivity index (χ0v) is 22.7. The van der Waals surface area contributed by atoms with Crippen LogP contribution >= 0.6 is 0 Å². The fourth-order valence-electron chi connectivity index (χ4n) is 5.85. The highest BCUT2D eigenvalue weighted by molar-refractivity contribution is 7.90. The lowest BCUT2D eigenvalue weighted by molar-refractivity contribution is -0.122. The summed E-state index contributed by atoms with van der Waals surface area (Å²) in [5, 5.41) is 17.1. The summed E-state index contributed by atoms with van der Waals surface area (Å²) in [7, 11) is -2.44. The van der Waals surface area contributed by atoms with Gasteiger partial charge in [-0.3, -0.25) is 14.6 Å². The molecule has 206 valence electrons. The van der Waals surface area contributed by atoms with Crippen LogP contribution in [0.3, 0.4) is 0 Å². The Hall–Kier alpha value is -2.98. The topological polar surface area (TPSA) is 135 Å². The molecule has 2 aromatic rings. The van der Waals surface area contributed by atoms with E-state index in [0.29, 0.717) is 31.6 Å². The number of hydrogen-bond donors (Lipinski definition) is 3. The summed E-state index contributed by atoms with van der Waals surface area (Å²) >= 11 is 0. The van der Waals surface area contributed by atoms with Crippen LogP contribution < -0.4 is 15.4 Å². The second-order valence-corrected chi connectivity index (χ2v) is 12.5. The van der Waals surface area contributed by atoms with Crippen LogP contribution in [0.1, 0.15) is 60.9 Å². The summed E-state index contributed by atoms with van der Waals surface area (Å²) < 4.78 is 29.9. The third kappa shape index (κ3) is 6.91. The van der Waals surface area contributed by atoms with E-state index in [4.69, 9.17) is 4.74 Å². The van der Waals surface area contributed by atoms with Crippen LogP contribution in [0.5, 0.6) is 5.75 Å². The van der Waals surface area contributed by atoms with Crippen molar-refractivity contribution < 1.29 is 27.9 Å². The van der Waals surface area contributed by atoms with Crippen LogP contribution in [0.2, 0.25) is 0 Å². The number of nitrogens with one attached hydrogen (secondary N) is 2. The van der Waals surface area contributed by atoms with Crippen LogP contribution in [0.25, 0.3) is 0 Å². The molecule has 2 bridgehead atoms. The van der Waals surface area contributed by atoms with Gasteiger partial charge in [0.25, 0.3) is 5.91 Å². The fourth-order valence-corrected chi connectivity index (χ4v) is 6.66. The van der Waals surface area contributed by atoms with Crippen LogP contribution in [0.4, 0.5) is 0 Å². The van der Waals surface area contributed by atoms with E-state index >= 15 is 0 Å². The van der Waals surface area contributed by atoms with Gasteiger partial charge in [0, 0.05) is 24.9 Å². The lowest BCUT2D eigenvalue weighted by Gasteiger charge is -2.26. The lowest BCUT2D eigenvalue weighted by Crippen LogP contribution is -2.45. The Bertz CT molecular complexity index is 1240. The number of sulfone groups is 1. The fraction of sp³-hybridized carbons (Fsp3) is 0.536. The molecule has 2 saturated carbocycles. The van der Waals surface area contributed by atoms with E-state index in [9.17, 15) is 23.1 Å². The molecule has 0 saturated heterocycles. The highest BCUT2D eigenvalue weighted by Gasteiger charge is 2.40. The molecule has 2 amide bonds. The Morgan fingerprint density at radius 1 is 1.16 bits per heavy atom. The van der Waals surface area contributed by atoms with Crippen molar-refractivity contribution in [3.05, 3.63) is 53.9 Å². The van der Waals surface area contributed by atoms with Gasteiger partial charge in [-0.05, 0) is 55.9 Å². The van der Waals surface area contributed by atoms with Crippen molar-refractivity contribution in [1.29, 1.82) is 0 Å². The first-order valence-electron chi connectivity index (χ1n) is 13.2. The van der Waals surface area contributed by atoms with Gasteiger partial charge in [0.15, 0.2) is 15.6 Å². The van der Waals surface area contributed by atoms with Gasteiger partial charge in [0.2, 0.25) is 5.91 Å². The Morgan fingerprint density at radius 3 is 2.55 bits per heavy atom. The molecule has 0 aliphatic heterocycles. The number of hydrogen-bond acceptors (Lipinski definition) is 7. The zero-order chi connectivity index (χ0) is 27.3. The van der Waals surface area contributed by atoms with E-state index in [2.05, 4.69) is 15.6 Å². The molecule has 5 unspecified atom stereocenters. The predicted octanol–water partition coefficient (Wildman–Crippen LogP) is 2.67. The van der Waals surface area contributed by atoms with Crippen LogP contribution in [-0.2, 0) is 21.1 Å². The molecule has 9 nitrogen and oxygen atoms in total. The average molecular weight is 544 g/mol. The molecular weight excluding hydrogens is 506 g/mol. The Labute approximate surface area is 224 Å². The van der Waals surface area contributed by atoms with Crippen molar-refractivity contribution in [2.24, 2.45) is 11.8 Å². The third-order valence-corrected chi connectivity index (χ3v) is 8.90. The van der Waals surface area contributed by atoms with Gasteiger partial charge in [-0.2, -0.15) is 0 Å². The molecule has 2 aliphatic rings. The lowest BCUT2D eigenvalue weighted by atomic mass is 9.95. The SMILES string of the molecule is COc1cncc(S(C)(=O)=O)c1C(=O)NC(Cc1ccccc1)C(O)CCCC(=O)NC1CC2CCC1C2. The number of rotatable bonds is 12. The van der Waals surface area contributed by atoms with E-state index in [1.807, 2.05) is 30.3 Å². The second-order valence-electron chi connectivity index (χ2n) is 10.6. The minimum Gasteiger partial charge on any atom is -0.494 e. The van der Waals surface area contributed by atoms with Crippen LogP contribution in [0, 0.1) is 11.8 Å². The van der Waals surface area contributed by atoms with E-state index in [1.54, 1.807) is 0 Å². The summed E-state index contributed by atoms with van der Waals surface area (Å²) in [4.78, 5) is 29.6. The number of pyridine rings is 1. The molecule has 2 fully saturated rings. The summed E-state index contributed by atoms with van der Waals surface area (Å²) in [6.45, 7) is 0. The van der Waals surface area contributed by atoms with Crippen molar-refractivity contribution in [2.75, 3.05) is 13.4 Å². The molecule has 0 spiro atoms. The van der Waals surface area contributed by atoms with Gasteiger partial charge < -0.3 is 20.5 Å². The van der Waals surface area contributed by atoms with Crippen molar-refractivity contribution in [1.82, 2.24) is 15.6 Å². The smallest absolute Gasteiger partial charge is 0.256 e. The van der Waals surface area contributed by atoms with Crippen LogP contribution in [0.15, 0.2) is 47.6 Å². The number of aliphatic hydroxyl groups excluding tert-OH is 1. The Kier molecular flexibility index (Phi) is 9.04. The number of carbonyl (C=O) groups is 2. The number of benzene rings is 1. The maximum absolute atomic E-state index is 13.4. The van der Waals surface area contributed by atoms with Crippen molar-refractivity contribution in [2.45, 2.75) is 74.4 Å². The summed E-state index contributed by atoms with van der Waals surface area (Å²) in [5.74, 6) is 0.686. The molecular formula is C28H37N3O6S. The number of amides is 2. The highest BCUT2D eigenvalue weighted by atomic mass is 32.2. The minimum atomic E-state index is -3.77. The second kappa shape index (κ2) is 12.3. The van der Waals surface area contributed by atoms with Gasteiger partial charge >= 0.3 is 0 Å². The molecule has 0 radical (unpaired) electrons. The number of ether oxygens (including phenoxy) is 1. The molecule has 1 aromatic heterocycles. The highest BCUT2D eigenvalue weighted by Crippen LogP contribution is 2.44. The van der Waals surface area contributed by atoms with Crippen molar-refractivity contribution >= 4 is 21.7 Å². The number of carbonyl (C=O) groups excluding carboxylic acids is 2. The summed E-state index contributed by atoms with van der Waals surface area (Å²) in [6, 6.07) is 8.96. The largest absolute Gasteiger partial charge is 0.494 e. The number of aliphatic hydroxyl groups is 1. The quantitative estimate of drug-likeness (QED) is 0.375. The van der Waals surface area contributed by atoms with E-state index in [1.165, 1.54) is 32.6 Å². The first-order chi connectivity index (χ1) is 18.2. The van der Waals surface area contributed by atoms with Crippen molar-refractivity contribution in [3.8, 4) is 5.75 Å². The summed E-state index contributed by atoms with van der Waals surface area (Å²) in [5.41, 5.74) is 0.747. The van der Waals surface area contributed by atoms with Gasteiger partial charge in [0.1, 0.15) is 10.5 Å². The normalized spacial score (nSPS) is 22.0. The minimum absolute atomic E-state index is 0.00212. The maximum atomic E-state index is 13.4.